The first-order valence-electron chi connectivity index (χ1n) is 8.77. The van der Waals surface area contributed by atoms with E-state index in [0.717, 1.165) is 12.1 Å². The van der Waals surface area contributed by atoms with Gasteiger partial charge in [-0.05, 0) is 42.5 Å². The van der Waals surface area contributed by atoms with Gasteiger partial charge in [0.05, 0.1) is 22.4 Å². The van der Waals surface area contributed by atoms with Gasteiger partial charge >= 0.3 is 18.1 Å². The SMILES string of the molecule is O=C(OCOC(=O)c1ccccc1Nc1cccc(C(F)(F)F)c1)c1ccccc1. The van der Waals surface area contributed by atoms with E-state index in [1.807, 2.05) is 0 Å². The number of ether oxygens (including phenoxy) is 2. The molecule has 0 fully saturated rings. The molecule has 30 heavy (non-hydrogen) atoms. The number of benzene rings is 3. The number of halogens is 3. The Balaban J connectivity index is 1.66. The van der Waals surface area contributed by atoms with Crippen LogP contribution in [0.1, 0.15) is 26.3 Å². The summed E-state index contributed by atoms with van der Waals surface area (Å²) in [6, 6.07) is 18.9. The van der Waals surface area contributed by atoms with Crippen molar-refractivity contribution in [3.63, 3.8) is 0 Å². The zero-order valence-corrected chi connectivity index (χ0v) is 15.5. The van der Waals surface area contributed by atoms with Crippen LogP contribution in [0.15, 0.2) is 78.9 Å². The molecule has 0 aromatic heterocycles. The van der Waals surface area contributed by atoms with Gasteiger partial charge in [0.25, 0.3) is 0 Å². The molecule has 0 saturated carbocycles. The van der Waals surface area contributed by atoms with Crippen LogP contribution in [-0.4, -0.2) is 18.7 Å². The summed E-state index contributed by atoms with van der Waals surface area (Å²) >= 11 is 0. The van der Waals surface area contributed by atoms with Gasteiger partial charge in [-0.25, -0.2) is 9.59 Å². The Morgan fingerprint density at radius 2 is 1.47 bits per heavy atom. The lowest BCUT2D eigenvalue weighted by molar-refractivity contribution is -0.137. The zero-order valence-electron chi connectivity index (χ0n) is 15.5. The molecule has 0 spiro atoms. The third kappa shape index (κ3) is 5.38. The first kappa shape index (κ1) is 20.9. The molecule has 8 heteroatoms. The number of nitrogens with one attached hydrogen (secondary N) is 1. The van der Waals surface area contributed by atoms with Crippen LogP contribution in [0.4, 0.5) is 24.5 Å². The molecule has 3 rings (SSSR count). The first-order valence-corrected chi connectivity index (χ1v) is 8.77. The average Bonchev–Trinajstić information content (AvgIpc) is 2.74. The molecular weight excluding hydrogens is 399 g/mol. The summed E-state index contributed by atoms with van der Waals surface area (Å²) in [7, 11) is 0. The highest BCUT2D eigenvalue weighted by atomic mass is 19.4. The molecule has 5 nitrogen and oxygen atoms in total. The molecule has 3 aromatic carbocycles. The molecule has 0 aliphatic carbocycles. The largest absolute Gasteiger partial charge is 0.424 e. The van der Waals surface area contributed by atoms with E-state index in [2.05, 4.69) is 5.32 Å². The second-order valence-corrected chi connectivity index (χ2v) is 6.10. The summed E-state index contributed by atoms with van der Waals surface area (Å²) in [6.07, 6.45) is -4.49. The minimum atomic E-state index is -4.49. The summed E-state index contributed by atoms with van der Waals surface area (Å²) in [5.74, 6) is -1.45. The fourth-order valence-corrected chi connectivity index (χ4v) is 2.57. The highest BCUT2D eigenvalue weighted by Crippen LogP contribution is 2.32. The van der Waals surface area contributed by atoms with E-state index in [9.17, 15) is 22.8 Å². The van der Waals surface area contributed by atoms with Gasteiger partial charge in [-0.2, -0.15) is 13.2 Å². The number of para-hydroxylation sites is 1. The van der Waals surface area contributed by atoms with E-state index in [-0.39, 0.29) is 16.9 Å². The lowest BCUT2D eigenvalue weighted by Gasteiger charge is -2.13. The Bertz CT molecular complexity index is 1040. The van der Waals surface area contributed by atoms with Crippen molar-refractivity contribution in [2.24, 2.45) is 0 Å². The maximum Gasteiger partial charge on any atom is 0.416 e. The van der Waals surface area contributed by atoms with Crippen LogP contribution in [0.3, 0.4) is 0 Å². The summed E-state index contributed by atoms with van der Waals surface area (Å²) < 4.78 is 48.6. The molecule has 154 valence electrons. The number of anilines is 2. The molecule has 3 aromatic rings. The fourth-order valence-electron chi connectivity index (χ4n) is 2.57. The van der Waals surface area contributed by atoms with Crippen molar-refractivity contribution in [3.8, 4) is 0 Å². The van der Waals surface area contributed by atoms with Gasteiger partial charge in [0.15, 0.2) is 0 Å². The van der Waals surface area contributed by atoms with Crippen molar-refractivity contribution in [2.75, 3.05) is 12.1 Å². The monoisotopic (exact) mass is 415 g/mol. The predicted octanol–water partition coefficient (Wildman–Crippen LogP) is 5.42. The quantitative estimate of drug-likeness (QED) is 0.430. The highest BCUT2D eigenvalue weighted by molar-refractivity contribution is 5.96. The van der Waals surface area contributed by atoms with Crippen LogP contribution < -0.4 is 5.32 Å². The van der Waals surface area contributed by atoms with Crippen LogP contribution in [0.25, 0.3) is 0 Å². The number of rotatable bonds is 6. The molecule has 0 atom stereocenters. The standard InChI is InChI=1S/C22H16F3NO4/c23-22(24,25)16-9-6-10-17(13-16)26-19-12-5-4-11-18(19)21(28)30-14-29-20(27)15-7-2-1-3-8-15/h1-13,26H,14H2. The summed E-state index contributed by atoms with van der Waals surface area (Å²) in [6.45, 7) is -0.607. The molecule has 1 N–H and O–H groups in total. The van der Waals surface area contributed by atoms with Crippen molar-refractivity contribution in [3.05, 3.63) is 95.6 Å². The topological polar surface area (TPSA) is 64.6 Å². The molecule has 0 aliphatic heterocycles. The summed E-state index contributed by atoms with van der Waals surface area (Å²) in [5, 5.41) is 2.78. The highest BCUT2D eigenvalue weighted by Gasteiger charge is 2.30. The molecular formula is C22H16F3NO4. The number of hydrogen-bond donors (Lipinski definition) is 1. The normalized spacial score (nSPS) is 10.9. The lowest BCUT2D eigenvalue weighted by Crippen LogP contribution is -2.14. The van der Waals surface area contributed by atoms with Gasteiger partial charge in [0.2, 0.25) is 6.79 Å². The van der Waals surface area contributed by atoms with E-state index >= 15 is 0 Å². The lowest BCUT2D eigenvalue weighted by atomic mass is 10.1. The van der Waals surface area contributed by atoms with Crippen LogP contribution in [0.2, 0.25) is 0 Å². The Hall–Kier alpha value is -3.81. The van der Waals surface area contributed by atoms with Crippen molar-refractivity contribution >= 4 is 23.3 Å². The molecule has 0 heterocycles. The number of hydrogen-bond acceptors (Lipinski definition) is 5. The molecule has 0 aliphatic rings. The van der Waals surface area contributed by atoms with Crippen molar-refractivity contribution < 1.29 is 32.2 Å². The van der Waals surface area contributed by atoms with Gasteiger partial charge in [0, 0.05) is 5.69 Å². The van der Waals surface area contributed by atoms with E-state index in [0.29, 0.717) is 5.56 Å². The number of carbonyl (C=O) groups is 2. The van der Waals surface area contributed by atoms with Crippen molar-refractivity contribution in [2.45, 2.75) is 6.18 Å². The van der Waals surface area contributed by atoms with E-state index in [4.69, 9.17) is 9.47 Å². The van der Waals surface area contributed by atoms with Gasteiger partial charge in [0.1, 0.15) is 0 Å². The molecule has 0 amide bonds. The first-order chi connectivity index (χ1) is 14.3. The van der Waals surface area contributed by atoms with Gasteiger partial charge in [-0.3, -0.25) is 0 Å². The maximum atomic E-state index is 12.9. The third-order valence-corrected chi connectivity index (χ3v) is 4.01. The molecule has 0 radical (unpaired) electrons. The second-order valence-electron chi connectivity index (χ2n) is 6.10. The zero-order chi connectivity index (χ0) is 21.6. The molecule has 0 saturated heterocycles. The van der Waals surface area contributed by atoms with Gasteiger partial charge < -0.3 is 14.8 Å². The second kappa shape index (κ2) is 9.13. The Kier molecular flexibility index (Phi) is 6.36. The predicted molar refractivity (Wildman–Crippen MR) is 103 cm³/mol. The van der Waals surface area contributed by atoms with E-state index in [1.54, 1.807) is 42.5 Å². The van der Waals surface area contributed by atoms with Crippen LogP contribution in [-0.2, 0) is 15.7 Å². The minimum Gasteiger partial charge on any atom is -0.424 e. The maximum absolute atomic E-state index is 12.9. The van der Waals surface area contributed by atoms with E-state index < -0.39 is 30.5 Å². The number of carbonyl (C=O) groups excluding carboxylic acids is 2. The minimum absolute atomic E-state index is 0.0747. The number of alkyl halides is 3. The average molecular weight is 415 g/mol. The van der Waals surface area contributed by atoms with Gasteiger partial charge in [-0.15, -0.1) is 0 Å². The smallest absolute Gasteiger partial charge is 0.416 e. The van der Waals surface area contributed by atoms with Crippen molar-refractivity contribution in [1.82, 2.24) is 0 Å². The van der Waals surface area contributed by atoms with Crippen molar-refractivity contribution in [1.29, 1.82) is 0 Å². The Labute approximate surface area is 170 Å². The van der Waals surface area contributed by atoms with Crippen LogP contribution in [0.5, 0.6) is 0 Å². The third-order valence-electron chi connectivity index (χ3n) is 4.01. The number of esters is 2. The Morgan fingerprint density at radius 1 is 0.800 bits per heavy atom. The fraction of sp³-hybridized carbons (Fsp3) is 0.0909. The summed E-state index contributed by atoms with van der Waals surface area (Å²) in [4.78, 5) is 24.2. The Morgan fingerprint density at radius 3 is 2.20 bits per heavy atom. The summed E-state index contributed by atoms with van der Waals surface area (Å²) in [5.41, 5.74) is -0.0389. The van der Waals surface area contributed by atoms with Crippen LogP contribution in [0, 0.1) is 0 Å². The molecule has 0 unspecified atom stereocenters. The van der Waals surface area contributed by atoms with Crippen LogP contribution >= 0.6 is 0 Å². The van der Waals surface area contributed by atoms with Gasteiger partial charge in [-0.1, -0.05) is 36.4 Å². The molecule has 0 bridgehead atoms. The van der Waals surface area contributed by atoms with E-state index in [1.165, 1.54) is 24.3 Å².